The van der Waals surface area contributed by atoms with Crippen molar-refractivity contribution >= 4 is 34.5 Å². The van der Waals surface area contributed by atoms with Gasteiger partial charge in [-0.2, -0.15) is 5.10 Å². The van der Waals surface area contributed by atoms with Gasteiger partial charge in [-0.1, -0.05) is 91.0 Å². The molecule has 0 fully saturated rings. The SMILES string of the molecule is C=CC1c2ccccc2N2c3nccnc3N(C)C2C1C1N(c2ccccc2C)N=C(c2ccccc2)N1c1ccccc1. The molecule has 1 aromatic heterocycles. The number of fused-ring (bicyclic) bond motifs is 5. The highest BCUT2D eigenvalue weighted by molar-refractivity contribution is 6.12. The molecule has 8 rings (SSSR count). The standard InChI is InChI=1S/C37H33N7/c1-4-28-29-20-12-14-22-31(29)43-35-34(38-23-24-39-35)41(3)36(43)32(28)37-42(27-18-9-6-10-19-27)33(26-16-7-5-8-17-26)40-44(37)30-21-13-11-15-25(30)2/h4-24,28,32,36-37H,1H2,2-3H3. The number of hydrogen-bond acceptors (Lipinski definition) is 7. The summed E-state index contributed by atoms with van der Waals surface area (Å²) in [5.74, 6) is 2.63. The summed E-state index contributed by atoms with van der Waals surface area (Å²) in [6.07, 6.45) is 5.38. The largest absolute Gasteiger partial charge is 0.335 e. The number of aryl methyl sites for hydroxylation is 1. The van der Waals surface area contributed by atoms with E-state index in [9.17, 15) is 0 Å². The van der Waals surface area contributed by atoms with E-state index in [4.69, 9.17) is 15.1 Å². The molecule has 3 aliphatic rings. The first kappa shape index (κ1) is 26.2. The molecule has 7 nitrogen and oxygen atoms in total. The molecule has 3 aliphatic heterocycles. The zero-order chi connectivity index (χ0) is 29.8. The number of amidine groups is 1. The van der Waals surface area contributed by atoms with Gasteiger partial charge >= 0.3 is 0 Å². The van der Waals surface area contributed by atoms with Crippen molar-refractivity contribution in [3.8, 4) is 0 Å². The summed E-state index contributed by atoms with van der Waals surface area (Å²) in [4.78, 5) is 16.8. The van der Waals surface area contributed by atoms with Crippen molar-refractivity contribution in [2.24, 2.45) is 11.0 Å². The molecule has 0 N–H and O–H groups in total. The van der Waals surface area contributed by atoms with Gasteiger partial charge in [-0.3, -0.25) is 0 Å². The van der Waals surface area contributed by atoms with Crippen LogP contribution in [0.2, 0.25) is 0 Å². The van der Waals surface area contributed by atoms with Gasteiger partial charge < -0.3 is 14.7 Å². The molecular formula is C37H33N7. The number of aromatic nitrogens is 2. The maximum atomic E-state index is 5.49. The molecule has 0 spiro atoms. The second-order valence-electron chi connectivity index (χ2n) is 11.5. The van der Waals surface area contributed by atoms with Gasteiger partial charge in [0.25, 0.3) is 0 Å². The Bertz CT molecular complexity index is 1870. The summed E-state index contributed by atoms with van der Waals surface area (Å²) in [6, 6.07) is 38.3. The maximum absolute atomic E-state index is 5.49. The summed E-state index contributed by atoms with van der Waals surface area (Å²) in [5, 5.41) is 7.74. The van der Waals surface area contributed by atoms with E-state index in [-0.39, 0.29) is 24.2 Å². The number of benzene rings is 4. The number of hydrogen-bond donors (Lipinski definition) is 0. The quantitative estimate of drug-likeness (QED) is 0.205. The van der Waals surface area contributed by atoms with E-state index in [0.717, 1.165) is 45.7 Å². The predicted octanol–water partition coefficient (Wildman–Crippen LogP) is 7.31. The summed E-state index contributed by atoms with van der Waals surface area (Å²) in [5.41, 5.74) is 6.75. The number of rotatable bonds is 5. The van der Waals surface area contributed by atoms with Crippen molar-refractivity contribution in [2.75, 3.05) is 26.8 Å². The minimum atomic E-state index is -0.214. The van der Waals surface area contributed by atoms with Crippen LogP contribution in [-0.2, 0) is 0 Å². The Balaban J connectivity index is 1.41. The van der Waals surface area contributed by atoms with E-state index < -0.39 is 0 Å². The third kappa shape index (κ3) is 3.85. The van der Waals surface area contributed by atoms with Crippen LogP contribution >= 0.6 is 0 Å². The summed E-state index contributed by atoms with van der Waals surface area (Å²) < 4.78 is 0. The zero-order valence-electron chi connectivity index (χ0n) is 24.8. The van der Waals surface area contributed by atoms with Crippen LogP contribution in [0.15, 0.2) is 139 Å². The van der Waals surface area contributed by atoms with Crippen LogP contribution in [0.25, 0.3) is 0 Å². The monoisotopic (exact) mass is 575 g/mol. The smallest absolute Gasteiger partial charge is 0.178 e. The Kier molecular flexibility index (Phi) is 6.19. The van der Waals surface area contributed by atoms with Gasteiger partial charge in [-0.15, -0.1) is 6.58 Å². The minimum Gasteiger partial charge on any atom is -0.335 e. The highest BCUT2D eigenvalue weighted by Crippen LogP contribution is 2.55. The van der Waals surface area contributed by atoms with Gasteiger partial charge in [0, 0.05) is 42.3 Å². The molecule has 44 heavy (non-hydrogen) atoms. The van der Waals surface area contributed by atoms with Crippen molar-refractivity contribution in [2.45, 2.75) is 25.2 Å². The second kappa shape index (κ2) is 10.4. The molecule has 4 atom stereocenters. The van der Waals surface area contributed by atoms with Crippen LogP contribution in [0.5, 0.6) is 0 Å². The van der Waals surface area contributed by atoms with E-state index in [1.54, 1.807) is 12.4 Å². The lowest BCUT2D eigenvalue weighted by atomic mass is 9.76. The normalized spacial score (nSPS) is 21.9. The Morgan fingerprint density at radius 2 is 1.32 bits per heavy atom. The first-order valence-corrected chi connectivity index (χ1v) is 15.0. The van der Waals surface area contributed by atoms with Crippen LogP contribution in [0.3, 0.4) is 0 Å². The lowest BCUT2D eigenvalue weighted by Gasteiger charge is -2.50. The van der Waals surface area contributed by atoms with Crippen molar-refractivity contribution in [1.82, 2.24) is 9.97 Å². The molecular weight excluding hydrogens is 542 g/mol. The van der Waals surface area contributed by atoms with Crippen molar-refractivity contribution in [3.05, 3.63) is 151 Å². The average Bonchev–Trinajstić information content (AvgIpc) is 3.61. The summed E-state index contributed by atoms with van der Waals surface area (Å²) >= 11 is 0. The van der Waals surface area contributed by atoms with Crippen LogP contribution < -0.4 is 19.7 Å². The summed E-state index contributed by atoms with van der Waals surface area (Å²) in [6.45, 7) is 6.60. The highest BCUT2D eigenvalue weighted by atomic mass is 15.6. The lowest BCUT2D eigenvalue weighted by Crippen LogP contribution is -2.60. The van der Waals surface area contributed by atoms with Crippen LogP contribution in [0.1, 0.15) is 22.6 Å². The number of allylic oxidation sites excluding steroid dienone is 1. The molecule has 0 saturated heterocycles. The van der Waals surface area contributed by atoms with E-state index >= 15 is 0 Å². The molecule has 0 aliphatic carbocycles. The zero-order valence-corrected chi connectivity index (χ0v) is 24.8. The molecule has 4 aromatic carbocycles. The lowest BCUT2D eigenvalue weighted by molar-refractivity contribution is 0.309. The highest BCUT2D eigenvalue weighted by Gasteiger charge is 2.56. The number of nitrogens with zero attached hydrogens (tertiary/aromatic N) is 7. The maximum Gasteiger partial charge on any atom is 0.178 e. The van der Waals surface area contributed by atoms with Gasteiger partial charge in [0.15, 0.2) is 17.5 Å². The van der Waals surface area contributed by atoms with Crippen molar-refractivity contribution in [3.63, 3.8) is 0 Å². The van der Waals surface area contributed by atoms with Gasteiger partial charge in [-0.25, -0.2) is 15.0 Å². The molecule has 5 aromatic rings. The molecule has 7 heteroatoms. The Labute approximate surface area is 258 Å². The number of hydrazone groups is 1. The first-order valence-electron chi connectivity index (χ1n) is 15.0. The Morgan fingerprint density at radius 1 is 0.682 bits per heavy atom. The summed E-state index contributed by atoms with van der Waals surface area (Å²) in [7, 11) is 2.14. The van der Waals surface area contributed by atoms with Gasteiger partial charge in [0.1, 0.15) is 12.3 Å². The third-order valence-electron chi connectivity index (χ3n) is 9.17. The molecule has 216 valence electrons. The second-order valence-corrected chi connectivity index (χ2v) is 11.5. The van der Waals surface area contributed by atoms with E-state index in [0.29, 0.717) is 0 Å². The van der Waals surface area contributed by atoms with Crippen LogP contribution in [0.4, 0.5) is 28.7 Å². The van der Waals surface area contributed by atoms with E-state index in [1.807, 2.05) is 0 Å². The van der Waals surface area contributed by atoms with Gasteiger partial charge in [0.2, 0.25) is 0 Å². The fourth-order valence-corrected chi connectivity index (χ4v) is 7.30. The van der Waals surface area contributed by atoms with Crippen molar-refractivity contribution < 1.29 is 0 Å². The Hall–Kier alpha value is -5.43. The van der Waals surface area contributed by atoms with Gasteiger partial charge in [-0.05, 0) is 42.3 Å². The fourth-order valence-electron chi connectivity index (χ4n) is 7.30. The Morgan fingerprint density at radius 3 is 2.05 bits per heavy atom. The van der Waals surface area contributed by atoms with Crippen LogP contribution in [-0.4, -0.2) is 35.2 Å². The number of para-hydroxylation sites is 3. The van der Waals surface area contributed by atoms with Crippen LogP contribution in [0, 0.1) is 12.8 Å². The molecule has 0 amide bonds. The van der Waals surface area contributed by atoms with E-state index in [2.05, 4.69) is 156 Å². The molecule has 0 radical (unpaired) electrons. The van der Waals surface area contributed by atoms with Gasteiger partial charge in [0.05, 0.1) is 11.6 Å². The fraction of sp³-hybridized carbons (Fsp3) is 0.162. The average molecular weight is 576 g/mol. The topological polar surface area (TPSA) is 51.1 Å². The first-order chi connectivity index (χ1) is 21.7. The van der Waals surface area contributed by atoms with E-state index in [1.165, 1.54) is 5.56 Å². The third-order valence-corrected chi connectivity index (χ3v) is 9.17. The predicted molar refractivity (Wildman–Crippen MR) is 179 cm³/mol. The minimum absolute atomic E-state index is 0.0114. The molecule has 4 heterocycles. The molecule has 0 bridgehead atoms. The van der Waals surface area contributed by atoms with Crippen molar-refractivity contribution in [1.29, 1.82) is 0 Å². The molecule has 0 saturated carbocycles. The molecule has 4 unspecified atom stereocenters. The number of anilines is 5.